The van der Waals surface area contributed by atoms with Gasteiger partial charge in [-0.3, -0.25) is 14.1 Å². The van der Waals surface area contributed by atoms with Crippen LogP contribution < -0.4 is 14.4 Å². The molecule has 0 aromatic heterocycles. The van der Waals surface area contributed by atoms with Crippen LogP contribution in [0.2, 0.25) is 43.8 Å². The highest BCUT2D eigenvalue weighted by Gasteiger charge is 2.54. The fourth-order valence-corrected chi connectivity index (χ4v) is 11.7. The number of unbranched alkanes of at least 4 members (excludes halogenated alkanes) is 18. The molecule has 0 saturated carbocycles. The molecule has 2 aromatic rings. The molecule has 74 heavy (non-hydrogen) atoms. The third-order valence-electron chi connectivity index (χ3n) is 14.3. The van der Waals surface area contributed by atoms with Crippen LogP contribution in [-0.2, 0) is 42.1 Å². The summed E-state index contributed by atoms with van der Waals surface area (Å²) in [4.78, 5) is 28.5. The van der Waals surface area contributed by atoms with E-state index in [1.165, 1.54) is 83.5 Å². The molecule has 1 saturated heterocycles. The average molecular weight is 1090 g/mol. The third kappa shape index (κ3) is 27.6. The smallest absolute Gasteiger partial charge is 0.457 e. The number of phosphoric acid groups is 1. The molecule has 2 N–H and O–H groups in total. The van der Waals surface area contributed by atoms with Gasteiger partial charge in [0.1, 0.15) is 36.5 Å². The standard InChI is InChI=1S/C58H102NO12PSi2/c1-11-13-15-17-19-21-22-24-26-28-36-42-53(61)68-56-54(59-52(60)45-50(65-47-64-43-44-73(6,7)8)41-31-27-25-23-20-18-16-14-12-2)57(62)67-51(46-66-74(9,10)58(3,4)5)55(56)71-72(63,69-48-37-32-29-33-38-48)70-49-39-34-30-35-40-49/h29-30,32-35,37-40,50-51,54-57,62H,11-28,31,36,41-47H2,1-10H3,(H,59,60)/t50-,51-,54-,55-,56-,57?/m1/s1. The molecule has 2 aromatic carbocycles. The number of nitrogens with one attached hydrogen (secondary N) is 1. The van der Waals surface area contributed by atoms with Crippen molar-refractivity contribution in [1.29, 1.82) is 0 Å². The summed E-state index contributed by atoms with van der Waals surface area (Å²) in [6, 6.07) is 16.7. The molecule has 16 heteroatoms. The first kappa shape index (κ1) is 65.7. The Bertz CT molecular complexity index is 1790. The predicted molar refractivity (Wildman–Crippen MR) is 304 cm³/mol. The molecule has 1 aliphatic heterocycles. The summed E-state index contributed by atoms with van der Waals surface area (Å²) in [6.07, 6.45) is 17.2. The Hall–Kier alpha value is -2.60. The van der Waals surface area contributed by atoms with E-state index in [4.69, 9.17) is 36.9 Å². The number of carbonyl (C=O) groups is 2. The highest BCUT2D eigenvalue weighted by atomic mass is 31.2. The minimum Gasteiger partial charge on any atom is -0.457 e. The number of benzene rings is 2. The fourth-order valence-electron chi connectivity index (χ4n) is 8.52. The topological polar surface area (TPSA) is 157 Å². The molecule has 0 radical (unpaired) electrons. The molecule has 6 atom stereocenters. The summed E-state index contributed by atoms with van der Waals surface area (Å²) in [5.41, 5.74) is 0. The Morgan fingerprint density at radius 3 is 1.68 bits per heavy atom. The van der Waals surface area contributed by atoms with Crippen molar-refractivity contribution in [1.82, 2.24) is 5.32 Å². The Balaban J connectivity index is 1.95. The highest BCUT2D eigenvalue weighted by molar-refractivity contribution is 7.49. The summed E-state index contributed by atoms with van der Waals surface area (Å²) in [7, 11) is -8.51. The van der Waals surface area contributed by atoms with E-state index in [0.29, 0.717) is 19.4 Å². The van der Waals surface area contributed by atoms with E-state index in [1.807, 2.05) is 0 Å². The van der Waals surface area contributed by atoms with Crippen molar-refractivity contribution in [2.24, 2.45) is 0 Å². The number of para-hydroxylation sites is 2. The molecular formula is C58H102NO12PSi2. The van der Waals surface area contributed by atoms with E-state index in [2.05, 4.69) is 72.7 Å². The highest BCUT2D eigenvalue weighted by Crippen LogP contribution is 2.52. The largest absolute Gasteiger partial charge is 0.588 e. The summed E-state index contributed by atoms with van der Waals surface area (Å²) in [5, 5.41) is 14.8. The molecule has 1 unspecified atom stereocenters. The lowest BCUT2D eigenvalue weighted by Gasteiger charge is -2.46. The summed E-state index contributed by atoms with van der Waals surface area (Å²) in [6.45, 7) is 22.4. The van der Waals surface area contributed by atoms with Crippen LogP contribution in [0.25, 0.3) is 0 Å². The van der Waals surface area contributed by atoms with Gasteiger partial charge in [-0.25, -0.2) is 4.57 Å². The van der Waals surface area contributed by atoms with Crippen molar-refractivity contribution in [3.05, 3.63) is 60.7 Å². The molecule has 1 fully saturated rings. The first-order chi connectivity index (χ1) is 35.3. The molecule has 0 bridgehead atoms. The molecule has 1 amide bonds. The van der Waals surface area contributed by atoms with Crippen molar-refractivity contribution < 1.29 is 56.2 Å². The monoisotopic (exact) mass is 1090 g/mol. The molecule has 13 nitrogen and oxygen atoms in total. The lowest BCUT2D eigenvalue weighted by molar-refractivity contribution is -0.254. The van der Waals surface area contributed by atoms with Crippen LogP contribution in [0.4, 0.5) is 0 Å². The maximum absolute atomic E-state index is 15.3. The van der Waals surface area contributed by atoms with Crippen LogP contribution in [0, 0.1) is 0 Å². The van der Waals surface area contributed by atoms with Crippen LogP contribution in [0.5, 0.6) is 11.5 Å². The lowest BCUT2D eigenvalue weighted by Crippen LogP contribution is -2.66. The van der Waals surface area contributed by atoms with Gasteiger partial charge in [0.2, 0.25) is 5.91 Å². The third-order valence-corrected chi connectivity index (χ3v) is 21.8. The van der Waals surface area contributed by atoms with E-state index in [-0.39, 0.29) is 42.8 Å². The van der Waals surface area contributed by atoms with Crippen molar-refractivity contribution in [3.63, 3.8) is 0 Å². The van der Waals surface area contributed by atoms with Crippen LogP contribution in [0.1, 0.15) is 182 Å². The molecule has 424 valence electrons. The normalized spacial score (nSPS) is 19.0. The fraction of sp³-hybridized carbons (Fsp3) is 0.759. The molecular weight excluding hydrogens is 990 g/mol. The molecule has 0 spiro atoms. The number of phosphoric ester groups is 1. The van der Waals surface area contributed by atoms with Gasteiger partial charge in [0.15, 0.2) is 20.7 Å². The maximum atomic E-state index is 15.3. The number of aliphatic hydroxyl groups excluding tert-OH is 1. The predicted octanol–water partition coefficient (Wildman–Crippen LogP) is 15.5. The molecule has 1 aliphatic rings. The molecule has 3 rings (SSSR count). The molecule has 0 aliphatic carbocycles. The van der Waals surface area contributed by atoms with Crippen LogP contribution in [0.15, 0.2) is 60.7 Å². The quantitative estimate of drug-likeness (QED) is 0.0214. The second kappa shape index (κ2) is 35.7. The lowest BCUT2D eigenvalue weighted by atomic mass is 9.96. The van der Waals surface area contributed by atoms with E-state index >= 15 is 4.57 Å². The van der Waals surface area contributed by atoms with Gasteiger partial charge in [0, 0.05) is 21.1 Å². The Morgan fingerprint density at radius 2 is 1.19 bits per heavy atom. The van der Waals surface area contributed by atoms with Crippen LogP contribution in [0.3, 0.4) is 0 Å². The summed E-state index contributed by atoms with van der Waals surface area (Å²) < 4.78 is 65.7. The minimum atomic E-state index is -4.70. The van der Waals surface area contributed by atoms with E-state index in [9.17, 15) is 14.7 Å². The Kier molecular flexibility index (Phi) is 31.7. The van der Waals surface area contributed by atoms with E-state index in [1.54, 1.807) is 60.7 Å². The Morgan fingerprint density at radius 1 is 0.703 bits per heavy atom. The number of amides is 1. The second-order valence-corrected chi connectivity index (χ2v) is 35.1. The van der Waals surface area contributed by atoms with Crippen molar-refractivity contribution in [2.75, 3.05) is 20.0 Å². The van der Waals surface area contributed by atoms with Gasteiger partial charge in [0.05, 0.1) is 19.1 Å². The number of rotatable bonds is 41. The first-order valence-corrected chi connectivity index (χ1v) is 36.8. The number of carbonyl (C=O) groups excluding carboxylic acids is 2. The van der Waals surface area contributed by atoms with E-state index < -0.39 is 72.8 Å². The van der Waals surface area contributed by atoms with Crippen molar-refractivity contribution >= 4 is 36.1 Å². The number of aliphatic hydroxyl groups is 1. The number of esters is 1. The number of hydrogen-bond acceptors (Lipinski definition) is 12. The molecule has 1 heterocycles. The van der Waals surface area contributed by atoms with E-state index in [0.717, 1.165) is 44.6 Å². The minimum absolute atomic E-state index is 0.0484. The number of hydrogen-bond donors (Lipinski definition) is 2. The average Bonchev–Trinajstić information content (AvgIpc) is 3.33. The van der Waals surface area contributed by atoms with Gasteiger partial charge in [-0.15, -0.1) is 0 Å². The zero-order valence-electron chi connectivity index (χ0n) is 47.7. The summed E-state index contributed by atoms with van der Waals surface area (Å²) >= 11 is 0. The van der Waals surface area contributed by atoms with Crippen LogP contribution in [-0.4, -0.2) is 90.1 Å². The van der Waals surface area contributed by atoms with Gasteiger partial charge < -0.3 is 42.8 Å². The Labute approximate surface area is 450 Å². The zero-order chi connectivity index (χ0) is 54.3. The number of ether oxygens (including phenoxy) is 4. The summed E-state index contributed by atoms with van der Waals surface area (Å²) in [5.74, 6) is -0.599. The SMILES string of the molecule is CCCCCCCCCCCCCC(=O)O[C@H]1[C@H](OP(=O)(Oc2ccccc2)Oc2ccccc2)[C@@H](CO[Si](C)(C)C(C)(C)C)OC(O)[C@@H]1NC(=O)C[C@@H](CCCCCCCCCCC)OCOCC[Si](C)(C)C. The zero-order valence-corrected chi connectivity index (χ0v) is 50.6. The van der Waals surface area contributed by atoms with Crippen molar-refractivity contribution in [3.8, 4) is 11.5 Å². The van der Waals surface area contributed by atoms with Gasteiger partial charge >= 0.3 is 13.8 Å². The van der Waals surface area contributed by atoms with Gasteiger partial charge in [0.25, 0.3) is 0 Å². The van der Waals surface area contributed by atoms with Gasteiger partial charge in [-0.05, 0) is 61.3 Å². The second-order valence-electron chi connectivity index (χ2n) is 23.2. The first-order valence-electron chi connectivity index (χ1n) is 28.7. The van der Waals surface area contributed by atoms with Gasteiger partial charge in [-0.1, -0.05) is 213 Å². The maximum Gasteiger partial charge on any atom is 0.588 e. The van der Waals surface area contributed by atoms with Crippen molar-refractivity contribution in [2.45, 2.75) is 263 Å². The van der Waals surface area contributed by atoms with Crippen LogP contribution >= 0.6 is 7.82 Å². The van der Waals surface area contributed by atoms with Gasteiger partial charge in [-0.2, -0.15) is 0 Å².